The molecular weight excluding hydrogens is 270 g/mol. The van der Waals surface area contributed by atoms with Gasteiger partial charge >= 0.3 is 5.97 Å². The third-order valence-corrected chi connectivity index (χ3v) is 3.78. The molecule has 0 aliphatic heterocycles. The highest BCUT2D eigenvalue weighted by Gasteiger charge is 2.15. The summed E-state index contributed by atoms with van der Waals surface area (Å²) in [6.07, 6.45) is 1.60. The SMILES string of the molecule is COC(=O)CCc1c(C#C[Si](C)(C)C)[nH]c(C=O)c1C. The Morgan fingerprint density at radius 1 is 1.40 bits per heavy atom. The lowest BCUT2D eigenvalue weighted by Gasteiger charge is -2.04. The van der Waals surface area contributed by atoms with Crippen molar-refractivity contribution in [1.29, 1.82) is 0 Å². The predicted octanol–water partition coefficient (Wildman–Crippen LogP) is 2.47. The number of aldehydes is 1. The molecule has 20 heavy (non-hydrogen) atoms. The Balaban J connectivity index is 3.12. The second kappa shape index (κ2) is 6.57. The van der Waals surface area contributed by atoms with Crippen molar-refractivity contribution < 1.29 is 14.3 Å². The van der Waals surface area contributed by atoms with Crippen LogP contribution in [0, 0.1) is 18.4 Å². The van der Waals surface area contributed by atoms with E-state index in [0.717, 1.165) is 23.1 Å². The molecule has 0 spiro atoms. The van der Waals surface area contributed by atoms with Crippen LogP contribution in [0.5, 0.6) is 0 Å². The zero-order valence-electron chi connectivity index (χ0n) is 12.7. The molecule has 0 aromatic carbocycles. The topological polar surface area (TPSA) is 59.2 Å². The summed E-state index contributed by atoms with van der Waals surface area (Å²) < 4.78 is 4.65. The lowest BCUT2D eigenvalue weighted by molar-refractivity contribution is -0.140. The molecule has 0 saturated carbocycles. The highest BCUT2D eigenvalue weighted by Crippen LogP contribution is 2.19. The van der Waals surface area contributed by atoms with Crippen molar-refractivity contribution in [2.24, 2.45) is 0 Å². The zero-order valence-corrected chi connectivity index (χ0v) is 13.7. The molecular formula is C15H21NO3Si. The first-order valence-electron chi connectivity index (χ1n) is 6.55. The van der Waals surface area contributed by atoms with Gasteiger partial charge in [0.1, 0.15) is 8.07 Å². The first-order valence-corrected chi connectivity index (χ1v) is 10.0. The van der Waals surface area contributed by atoms with Crippen molar-refractivity contribution >= 4 is 20.3 Å². The van der Waals surface area contributed by atoms with E-state index in [4.69, 9.17) is 0 Å². The summed E-state index contributed by atoms with van der Waals surface area (Å²) in [7, 11) is -0.124. The molecule has 0 aliphatic rings. The monoisotopic (exact) mass is 291 g/mol. The van der Waals surface area contributed by atoms with Crippen molar-refractivity contribution in [3.63, 3.8) is 0 Å². The number of carbonyl (C=O) groups excluding carboxylic acids is 2. The Morgan fingerprint density at radius 2 is 2.05 bits per heavy atom. The van der Waals surface area contributed by atoms with E-state index in [0.29, 0.717) is 12.1 Å². The Morgan fingerprint density at radius 3 is 2.55 bits per heavy atom. The van der Waals surface area contributed by atoms with Crippen LogP contribution in [0.1, 0.15) is 33.7 Å². The van der Waals surface area contributed by atoms with Gasteiger partial charge in [-0.25, -0.2) is 0 Å². The van der Waals surface area contributed by atoms with Gasteiger partial charge in [-0.05, 0) is 24.5 Å². The minimum absolute atomic E-state index is 0.262. The second-order valence-corrected chi connectivity index (χ2v) is 10.5. The molecule has 1 aromatic heterocycles. The van der Waals surface area contributed by atoms with Crippen molar-refractivity contribution in [2.45, 2.75) is 39.4 Å². The number of aromatic amines is 1. The summed E-state index contributed by atoms with van der Waals surface area (Å²) in [6, 6.07) is 0. The Bertz CT molecular complexity index is 570. The maximum atomic E-state index is 11.3. The van der Waals surface area contributed by atoms with E-state index in [1.54, 1.807) is 0 Å². The maximum Gasteiger partial charge on any atom is 0.305 e. The third kappa shape index (κ3) is 4.39. The van der Waals surface area contributed by atoms with Crippen LogP contribution in [0.3, 0.4) is 0 Å². The van der Waals surface area contributed by atoms with Crippen LogP contribution >= 0.6 is 0 Å². The van der Waals surface area contributed by atoms with Crippen LogP contribution in [-0.2, 0) is 16.0 Å². The van der Waals surface area contributed by atoms with Crippen LogP contribution in [0.15, 0.2) is 0 Å². The summed E-state index contributed by atoms with van der Waals surface area (Å²) in [6.45, 7) is 8.34. The Hall–Kier alpha value is -1.80. The molecule has 0 fully saturated rings. The fraction of sp³-hybridized carbons (Fsp3) is 0.467. The molecule has 0 bridgehead atoms. The fourth-order valence-electron chi connectivity index (χ4n) is 1.77. The summed E-state index contributed by atoms with van der Waals surface area (Å²) in [5, 5.41) is 0. The number of carbonyl (C=O) groups is 2. The van der Waals surface area contributed by atoms with Crippen molar-refractivity contribution in [3.8, 4) is 11.5 Å². The van der Waals surface area contributed by atoms with Gasteiger partial charge in [-0.15, -0.1) is 5.54 Å². The standard InChI is InChI=1S/C15H21NO3Si/c1-11-12(6-7-15(18)19-2)13(16-14(11)10-17)8-9-20(3,4)5/h10,16H,6-7H2,1-5H3. The molecule has 0 amide bonds. The van der Waals surface area contributed by atoms with E-state index >= 15 is 0 Å². The first-order chi connectivity index (χ1) is 9.28. The van der Waals surface area contributed by atoms with E-state index in [-0.39, 0.29) is 12.4 Å². The number of ether oxygens (including phenoxy) is 1. The second-order valence-electron chi connectivity index (χ2n) is 5.71. The van der Waals surface area contributed by atoms with E-state index in [9.17, 15) is 9.59 Å². The molecule has 4 nitrogen and oxygen atoms in total. The summed E-state index contributed by atoms with van der Waals surface area (Å²) in [5.41, 5.74) is 6.35. The predicted molar refractivity (Wildman–Crippen MR) is 81.5 cm³/mol. The largest absolute Gasteiger partial charge is 0.469 e. The van der Waals surface area contributed by atoms with Gasteiger partial charge in [0.15, 0.2) is 6.29 Å². The van der Waals surface area contributed by atoms with Crippen molar-refractivity contribution in [1.82, 2.24) is 4.98 Å². The van der Waals surface area contributed by atoms with Gasteiger partial charge < -0.3 is 9.72 Å². The van der Waals surface area contributed by atoms with E-state index < -0.39 is 8.07 Å². The summed E-state index contributed by atoms with van der Waals surface area (Å²) >= 11 is 0. The Kier molecular flexibility index (Phi) is 5.34. The Labute approximate surface area is 120 Å². The van der Waals surface area contributed by atoms with Crippen molar-refractivity contribution in [3.05, 3.63) is 22.5 Å². The quantitative estimate of drug-likeness (QED) is 0.401. The third-order valence-electron chi connectivity index (χ3n) is 2.91. The molecule has 1 N–H and O–H groups in total. The van der Waals surface area contributed by atoms with Gasteiger partial charge in [-0.1, -0.05) is 25.6 Å². The fourth-order valence-corrected chi connectivity index (χ4v) is 2.27. The van der Waals surface area contributed by atoms with E-state index in [2.05, 4.69) is 40.8 Å². The smallest absolute Gasteiger partial charge is 0.305 e. The minimum Gasteiger partial charge on any atom is -0.469 e. The van der Waals surface area contributed by atoms with Gasteiger partial charge in [0.2, 0.25) is 0 Å². The number of rotatable bonds is 4. The van der Waals surface area contributed by atoms with Crippen LogP contribution in [0.25, 0.3) is 0 Å². The molecule has 0 saturated heterocycles. The number of methoxy groups -OCH3 is 1. The molecule has 5 heteroatoms. The molecule has 0 radical (unpaired) electrons. The van der Waals surface area contributed by atoms with Gasteiger partial charge in [-0.3, -0.25) is 9.59 Å². The van der Waals surface area contributed by atoms with Crippen LogP contribution in [0.2, 0.25) is 19.6 Å². The van der Waals surface area contributed by atoms with Gasteiger partial charge in [0.25, 0.3) is 0 Å². The number of hydrogen-bond donors (Lipinski definition) is 1. The number of nitrogens with one attached hydrogen (secondary N) is 1. The van der Waals surface area contributed by atoms with Gasteiger partial charge in [-0.2, -0.15) is 0 Å². The van der Waals surface area contributed by atoms with Crippen LogP contribution in [-0.4, -0.2) is 32.4 Å². The van der Waals surface area contributed by atoms with E-state index in [1.807, 2.05) is 6.92 Å². The number of hydrogen-bond acceptors (Lipinski definition) is 3. The van der Waals surface area contributed by atoms with Gasteiger partial charge in [0, 0.05) is 6.42 Å². The van der Waals surface area contributed by atoms with Crippen LogP contribution in [0.4, 0.5) is 0 Å². The lowest BCUT2D eigenvalue weighted by Crippen LogP contribution is -2.16. The molecule has 108 valence electrons. The minimum atomic E-state index is -1.49. The van der Waals surface area contributed by atoms with Crippen LogP contribution < -0.4 is 0 Å². The van der Waals surface area contributed by atoms with Gasteiger partial charge in [0.05, 0.1) is 18.5 Å². The van der Waals surface area contributed by atoms with E-state index in [1.165, 1.54) is 7.11 Å². The maximum absolute atomic E-state index is 11.3. The molecule has 0 atom stereocenters. The molecule has 0 aliphatic carbocycles. The lowest BCUT2D eigenvalue weighted by atomic mass is 10.0. The summed E-state index contributed by atoms with van der Waals surface area (Å²) in [4.78, 5) is 25.3. The number of esters is 1. The molecule has 1 rings (SSSR count). The summed E-state index contributed by atoms with van der Waals surface area (Å²) in [5.74, 6) is 2.87. The molecule has 1 heterocycles. The average molecular weight is 291 g/mol. The normalized spacial score (nSPS) is 10.7. The number of H-pyrrole nitrogens is 1. The highest BCUT2D eigenvalue weighted by atomic mass is 28.3. The molecule has 1 aromatic rings. The zero-order chi connectivity index (χ0) is 15.3. The molecule has 0 unspecified atom stereocenters. The van der Waals surface area contributed by atoms with Crippen molar-refractivity contribution in [2.75, 3.05) is 7.11 Å². The number of aromatic nitrogens is 1. The average Bonchev–Trinajstić information content (AvgIpc) is 2.68. The first kappa shape index (κ1) is 16.3. The highest BCUT2D eigenvalue weighted by molar-refractivity contribution is 6.83.